The number of amides is 1. The van der Waals surface area contributed by atoms with Crippen LogP contribution in [0.4, 0.5) is 0 Å². The summed E-state index contributed by atoms with van der Waals surface area (Å²) < 4.78 is 0. The summed E-state index contributed by atoms with van der Waals surface area (Å²) >= 11 is 4.88. The van der Waals surface area contributed by atoms with Crippen LogP contribution >= 0.6 is 12.6 Å². The molecule has 1 rings (SSSR count). The lowest BCUT2D eigenvalue weighted by Crippen LogP contribution is -2.24. The highest BCUT2D eigenvalue weighted by atomic mass is 32.1. The van der Waals surface area contributed by atoms with Crippen LogP contribution < -0.4 is 5.32 Å². The van der Waals surface area contributed by atoms with Crippen molar-refractivity contribution in [2.24, 2.45) is 0 Å². The van der Waals surface area contributed by atoms with Crippen molar-refractivity contribution in [1.82, 2.24) is 5.32 Å². The van der Waals surface area contributed by atoms with Crippen LogP contribution in [0.3, 0.4) is 0 Å². The van der Waals surface area contributed by atoms with Crippen LogP contribution in [-0.4, -0.2) is 24.2 Å². The van der Waals surface area contributed by atoms with Gasteiger partial charge < -0.3 is 10.4 Å². The van der Waals surface area contributed by atoms with Crippen molar-refractivity contribution in [3.05, 3.63) is 35.4 Å². The Morgan fingerprint density at radius 2 is 2.00 bits per heavy atom. The molecule has 1 aromatic carbocycles. The van der Waals surface area contributed by atoms with Crippen molar-refractivity contribution in [2.75, 3.05) is 13.2 Å². The molecule has 0 bridgehead atoms. The van der Waals surface area contributed by atoms with Crippen LogP contribution in [0, 0.1) is 0 Å². The van der Waals surface area contributed by atoms with Crippen LogP contribution in [0.25, 0.3) is 0 Å². The first-order valence-electron chi connectivity index (χ1n) is 4.84. The van der Waals surface area contributed by atoms with E-state index in [0.717, 1.165) is 5.56 Å². The van der Waals surface area contributed by atoms with Gasteiger partial charge >= 0.3 is 0 Å². The average molecular weight is 224 g/mol. The standard InChI is InChI=1S/C11H14NO2S/c13-7-1-6-12-11(14)10-4-2-9(8-15)3-5-10/h2-5,13H,1,6-8H2,(H,12,14). The summed E-state index contributed by atoms with van der Waals surface area (Å²) in [5.41, 5.74) is 1.66. The van der Waals surface area contributed by atoms with Gasteiger partial charge in [0.1, 0.15) is 0 Å². The Morgan fingerprint density at radius 1 is 1.33 bits per heavy atom. The summed E-state index contributed by atoms with van der Waals surface area (Å²) in [7, 11) is 0. The van der Waals surface area contributed by atoms with E-state index in [1.807, 2.05) is 12.1 Å². The minimum absolute atomic E-state index is 0.0924. The summed E-state index contributed by atoms with van der Waals surface area (Å²) in [4.78, 5) is 11.5. The molecule has 0 unspecified atom stereocenters. The second kappa shape index (κ2) is 6.48. The quantitative estimate of drug-likeness (QED) is 0.745. The lowest BCUT2D eigenvalue weighted by Gasteiger charge is -2.04. The van der Waals surface area contributed by atoms with Gasteiger partial charge in [-0.1, -0.05) is 24.8 Å². The maximum absolute atomic E-state index is 11.5. The molecule has 0 spiro atoms. The molecule has 0 fully saturated rings. The van der Waals surface area contributed by atoms with Gasteiger partial charge in [-0.3, -0.25) is 4.79 Å². The number of carbonyl (C=O) groups is 1. The molecular weight excluding hydrogens is 210 g/mol. The first kappa shape index (κ1) is 12.1. The molecule has 2 N–H and O–H groups in total. The molecule has 0 saturated heterocycles. The highest BCUT2D eigenvalue weighted by molar-refractivity contribution is 7.79. The van der Waals surface area contributed by atoms with Gasteiger partial charge in [-0.05, 0) is 24.1 Å². The van der Waals surface area contributed by atoms with E-state index in [-0.39, 0.29) is 12.5 Å². The predicted octanol–water partition coefficient (Wildman–Crippen LogP) is 1.50. The molecule has 15 heavy (non-hydrogen) atoms. The van der Waals surface area contributed by atoms with Crippen molar-refractivity contribution >= 4 is 18.5 Å². The van der Waals surface area contributed by atoms with Crippen molar-refractivity contribution < 1.29 is 9.90 Å². The van der Waals surface area contributed by atoms with E-state index in [0.29, 0.717) is 24.3 Å². The van der Waals surface area contributed by atoms with Crippen molar-refractivity contribution in [3.63, 3.8) is 0 Å². The summed E-state index contributed by atoms with van der Waals surface area (Å²) in [6, 6.07) is 7.23. The largest absolute Gasteiger partial charge is 0.396 e. The normalized spacial score (nSPS) is 10.0. The number of aliphatic hydroxyl groups excluding tert-OH is 1. The monoisotopic (exact) mass is 224 g/mol. The van der Waals surface area contributed by atoms with E-state index in [1.54, 1.807) is 12.1 Å². The molecule has 1 aromatic rings. The van der Waals surface area contributed by atoms with Gasteiger partial charge in [0.15, 0.2) is 0 Å². The maximum Gasteiger partial charge on any atom is 0.251 e. The minimum atomic E-state index is -0.112. The highest BCUT2D eigenvalue weighted by Gasteiger charge is 2.03. The molecule has 0 aliphatic rings. The predicted molar refractivity (Wildman–Crippen MR) is 61.8 cm³/mol. The number of hydrogen-bond donors (Lipinski definition) is 2. The zero-order chi connectivity index (χ0) is 11.1. The molecular formula is C11H14NO2S. The molecule has 0 heterocycles. The zero-order valence-corrected chi connectivity index (χ0v) is 9.22. The average Bonchev–Trinajstić information content (AvgIpc) is 2.29. The van der Waals surface area contributed by atoms with Gasteiger partial charge in [0, 0.05) is 24.5 Å². The van der Waals surface area contributed by atoms with Crippen LogP contribution in [0.1, 0.15) is 22.3 Å². The number of benzene rings is 1. The zero-order valence-electron chi connectivity index (χ0n) is 8.40. The molecule has 0 aromatic heterocycles. The summed E-state index contributed by atoms with van der Waals surface area (Å²) in [5.74, 6) is 0.450. The van der Waals surface area contributed by atoms with Gasteiger partial charge in [0.25, 0.3) is 5.91 Å². The Bertz CT molecular complexity index is 311. The van der Waals surface area contributed by atoms with Crippen LogP contribution in [0.15, 0.2) is 24.3 Å². The molecule has 0 aliphatic carbocycles. The van der Waals surface area contributed by atoms with Gasteiger partial charge in [-0.25, -0.2) is 0 Å². The van der Waals surface area contributed by atoms with Gasteiger partial charge in [-0.15, -0.1) is 0 Å². The van der Waals surface area contributed by atoms with E-state index in [2.05, 4.69) is 5.32 Å². The lowest BCUT2D eigenvalue weighted by molar-refractivity contribution is 0.0951. The van der Waals surface area contributed by atoms with E-state index >= 15 is 0 Å². The number of rotatable bonds is 5. The molecule has 1 amide bonds. The van der Waals surface area contributed by atoms with E-state index in [9.17, 15) is 4.79 Å². The highest BCUT2D eigenvalue weighted by Crippen LogP contribution is 2.06. The fraction of sp³-hybridized carbons (Fsp3) is 0.364. The molecule has 0 saturated carbocycles. The van der Waals surface area contributed by atoms with Gasteiger partial charge in [0.05, 0.1) is 0 Å². The number of nitrogens with one attached hydrogen (secondary N) is 1. The number of carbonyl (C=O) groups excluding carboxylic acids is 1. The molecule has 1 radical (unpaired) electrons. The second-order valence-electron chi connectivity index (χ2n) is 3.17. The Balaban J connectivity index is 2.50. The van der Waals surface area contributed by atoms with Crippen LogP contribution in [-0.2, 0) is 5.75 Å². The Kier molecular flexibility index (Phi) is 5.21. The first-order chi connectivity index (χ1) is 7.27. The number of hydrogen-bond acceptors (Lipinski definition) is 2. The van der Waals surface area contributed by atoms with Gasteiger partial charge in [-0.2, -0.15) is 0 Å². The molecule has 0 atom stereocenters. The maximum atomic E-state index is 11.5. The Hall–Kier alpha value is -1.00. The van der Waals surface area contributed by atoms with E-state index in [4.69, 9.17) is 17.7 Å². The smallest absolute Gasteiger partial charge is 0.251 e. The third kappa shape index (κ3) is 3.93. The van der Waals surface area contributed by atoms with Crippen molar-refractivity contribution in [3.8, 4) is 0 Å². The topological polar surface area (TPSA) is 49.3 Å². The fourth-order valence-electron chi connectivity index (χ4n) is 1.14. The molecule has 3 nitrogen and oxygen atoms in total. The summed E-state index contributed by atoms with van der Waals surface area (Å²) in [6.07, 6.45) is 0.579. The molecule has 4 heteroatoms. The fourth-order valence-corrected chi connectivity index (χ4v) is 1.33. The Labute approximate surface area is 94.9 Å². The van der Waals surface area contributed by atoms with Crippen LogP contribution in [0.5, 0.6) is 0 Å². The second-order valence-corrected chi connectivity index (χ2v) is 3.46. The van der Waals surface area contributed by atoms with Crippen LogP contribution in [0.2, 0.25) is 0 Å². The van der Waals surface area contributed by atoms with E-state index < -0.39 is 0 Å². The summed E-state index contributed by atoms with van der Waals surface area (Å²) in [5, 5.41) is 11.3. The van der Waals surface area contributed by atoms with Crippen molar-refractivity contribution in [1.29, 1.82) is 0 Å². The first-order valence-corrected chi connectivity index (χ1v) is 5.41. The van der Waals surface area contributed by atoms with Gasteiger partial charge in [0.2, 0.25) is 0 Å². The third-order valence-electron chi connectivity index (χ3n) is 2.00. The Morgan fingerprint density at radius 3 is 2.53 bits per heavy atom. The molecule has 0 aliphatic heterocycles. The summed E-state index contributed by atoms with van der Waals surface area (Å²) in [6.45, 7) is 0.591. The van der Waals surface area contributed by atoms with Crippen molar-refractivity contribution in [2.45, 2.75) is 12.2 Å². The SMILES string of the molecule is O=C(NCCCO)c1ccc(C[S])cc1. The number of aliphatic hydroxyl groups is 1. The van der Waals surface area contributed by atoms with E-state index in [1.165, 1.54) is 0 Å². The minimum Gasteiger partial charge on any atom is -0.396 e. The third-order valence-corrected chi connectivity index (χ3v) is 2.34. The molecule has 81 valence electrons. The lowest BCUT2D eigenvalue weighted by atomic mass is 10.1.